The summed E-state index contributed by atoms with van der Waals surface area (Å²) in [6.45, 7) is 0. The van der Waals surface area contributed by atoms with Gasteiger partial charge in [0.2, 0.25) is 0 Å². The molecular formula is C15H17ClN2O2S. The third-order valence-electron chi connectivity index (χ3n) is 3.66. The number of rotatable bonds is 4. The van der Waals surface area contributed by atoms with Crippen LogP contribution in [0, 0.1) is 0 Å². The Morgan fingerprint density at radius 2 is 2.10 bits per heavy atom. The van der Waals surface area contributed by atoms with E-state index in [1.54, 1.807) is 12.1 Å². The molecule has 4 nitrogen and oxygen atoms in total. The zero-order valence-corrected chi connectivity index (χ0v) is 13.2. The van der Waals surface area contributed by atoms with E-state index in [2.05, 4.69) is 10.1 Å². The Morgan fingerprint density at radius 3 is 2.90 bits per heavy atom. The first kappa shape index (κ1) is 14.7. The summed E-state index contributed by atoms with van der Waals surface area (Å²) in [5.74, 6) is 1.82. The first-order chi connectivity index (χ1) is 10.2. The molecule has 0 amide bonds. The summed E-state index contributed by atoms with van der Waals surface area (Å²) in [7, 11) is 0. The fraction of sp³-hybridized carbons (Fsp3) is 0.467. The molecular weight excluding hydrogens is 308 g/mol. The average molecular weight is 325 g/mol. The molecule has 1 aromatic heterocycles. The topological polar surface area (TPSA) is 59.2 Å². The molecule has 21 heavy (non-hydrogen) atoms. The smallest absolute Gasteiger partial charge is 0.261 e. The van der Waals surface area contributed by atoms with Gasteiger partial charge in [0, 0.05) is 10.3 Å². The quantitative estimate of drug-likeness (QED) is 0.886. The molecule has 1 fully saturated rings. The molecule has 0 spiro atoms. The van der Waals surface area contributed by atoms with Gasteiger partial charge in [0.1, 0.15) is 5.75 Å². The minimum Gasteiger partial charge on any atom is -0.507 e. The van der Waals surface area contributed by atoms with Crippen LogP contribution in [-0.2, 0) is 5.75 Å². The predicted molar refractivity (Wildman–Crippen MR) is 84.6 cm³/mol. The summed E-state index contributed by atoms with van der Waals surface area (Å²) in [5.41, 5.74) is 0.476. The molecule has 0 radical (unpaired) electrons. The minimum atomic E-state index is 0.0922. The summed E-state index contributed by atoms with van der Waals surface area (Å²) < 4.78 is 5.23. The van der Waals surface area contributed by atoms with Gasteiger partial charge in [-0.3, -0.25) is 0 Å². The molecule has 1 aliphatic carbocycles. The Kier molecular flexibility index (Phi) is 4.70. The number of hydrogen-bond acceptors (Lipinski definition) is 5. The predicted octanol–water partition coefficient (Wildman–Crippen LogP) is 4.66. The maximum atomic E-state index is 9.84. The van der Waals surface area contributed by atoms with Crippen molar-refractivity contribution in [2.75, 3.05) is 0 Å². The Balaban J connectivity index is 1.66. The molecule has 1 saturated carbocycles. The van der Waals surface area contributed by atoms with E-state index in [4.69, 9.17) is 16.1 Å². The number of aromatic nitrogens is 2. The van der Waals surface area contributed by atoms with Crippen molar-refractivity contribution in [3.8, 4) is 17.2 Å². The van der Waals surface area contributed by atoms with Crippen molar-refractivity contribution in [2.45, 2.75) is 43.1 Å². The highest BCUT2D eigenvalue weighted by molar-refractivity contribution is 7.99. The number of hydrogen-bond donors (Lipinski definition) is 1. The van der Waals surface area contributed by atoms with E-state index in [0.717, 1.165) is 5.75 Å². The molecule has 1 heterocycles. The highest BCUT2D eigenvalue weighted by Crippen LogP contribution is 2.32. The van der Waals surface area contributed by atoms with Gasteiger partial charge in [0.15, 0.2) is 5.82 Å². The van der Waals surface area contributed by atoms with Crippen LogP contribution >= 0.6 is 23.4 Å². The van der Waals surface area contributed by atoms with Crippen molar-refractivity contribution >= 4 is 23.4 Å². The Morgan fingerprint density at radius 1 is 1.29 bits per heavy atom. The van der Waals surface area contributed by atoms with Crippen LogP contribution in [0.2, 0.25) is 5.02 Å². The second-order valence-corrected chi connectivity index (χ2v) is 6.97. The van der Waals surface area contributed by atoms with E-state index in [0.29, 0.717) is 27.6 Å². The second-order valence-electron chi connectivity index (χ2n) is 5.25. The number of nitrogens with zero attached hydrogens (tertiary/aromatic N) is 2. The average Bonchev–Trinajstić information content (AvgIpc) is 2.97. The number of halogens is 1. The molecule has 2 aromatic rings. The molecule has 6 heteroatoms. The summed E-state index contributed by atoms with van der Waals surface area (Å²) in [4.78, 5) is 4.35. The maximum Gasteiger partial charge on any atom is 0.261 e. The highest BCUT2D eigenvalue weighted by atomic mass is 35.5. The summed E-state index contributed by atoms with van der Waals surface area (Å²) >= 11 is 7.82. The lowest BCUT2D eigenvalue weighted by Gasteiger charge is -2.19. The van der Waals surface area contributed by atoms with Gasteiger partial charge in [-0.05, 0) is 31.0 Å². The summed E-state index contributed by atoms with van der Waals surface area (Å²) in [6, 6.07) is 4.78. The molecule has 0 atom stereocenters. The highest BCUT2D eigenvalue weighted by Gasteiger charge is 2.17. The van der Waals surface area contributed by atoms with Crippen LogP contribution < -0.4 is 0 Å². The normalized spacial score (nSPS) is 16.2. The van der Waals surface area contributed by atoms with Gasteiger partial charge in [-0.25, -0.2) is 0 Å². The van der Waals surface area contributed by atoms with E-state index in [1.807, 2.05) is 11.8 Å². The van der Waals surface area contributed by atoms with E-state index < -0.39 is 0 Å². The van der Waals surface area contributed by atoms with Crippen molar-refractivity contribution in [1.29, 1.82) is 0 Å². The Hall–Kier alpha value is -1.20. The number of phenols is 1. The van der Waals surface area contributed by atoms with Crippen LogP contribution in [0.3, 0.4) is 0 Å². The number of phenolic OH excluding ortho intramolecular Hbond substituents is 1. The first-order valence-electron chi connectivity index (χ1n) is 7.15. The van der Waals surface area contributed by atoms with Gasteiger partial charge >= 0.3 is 0 Å². The van der Waals surface area contributed by atoms with Crippen molar-refractivity contribution in [1.82, 2.24) is 10.1 Å². The third-order valence-corrected chi connectivity index (χ3v) is 5.26. The van der Waals surface area contributed by atoms with Crippen LogP contribution in [0.5, 0.6) is 5.75 Å². The van der Waals surface area contributed by atoms with Crippen LogP contribution in [0.1, 0.15) is 37.9 Å². The number of aromatic hydroxyl groups is 1. The Bertz CT molecular complexity index is 611. The van der Waals surface area contributed by atoms with Gasteiger partial charge in [-0.2, -0.15) is 16.7 Å². The van der Waals surface area contributed by atoms with Crippen molar-refractivity contribution < 1.29 is 9.63 Å². The van der Waals surface area contributed by atoms with E-state index in [-0.39, 0.29) is 5.75 Å². The molecule has 3 rings (SSSR count). The monoisotopic (exact) mass is 324 g/mol. The molecule has 0 unspecified atom stereocenters. The van der Waals surface area contributed by atoms with Gasteiger partial charge in [-0.1, -0.05) is 36.0 Å². The molecule has 1 aliphatic rings. The van der Waals surface area contributed by atoms with E-state index >= 15 is 0 Å². The second kappa shape index (κ2) is 6.71. The van der Waals surface area contributed by atoms with Gasteiger partial charge in [0.05, 0.1) is 11.3 Å². The van der Waals surface area contributed by atoms with Crippen LogP contribution in [0.25, 0.3) is 11.5 Å². The van der Waals surface area contributed by atoms with Gasteiger partial charge in [0.25, 0.3) is 5.89 Å². The minimum absolute atomic E-state index is 0.0922. The zero-order valence-electron chi connectivity index (χ0n) is 11.6. The lowest BCUT2D eigenvalue weighted by molar-refractivity contribution is 0.419. The van der Waals surface area contributed by atoms with E-state index in [9.17, 15) is 5.11 Å². The fourth-order valence-corrected chi connectivity index (χ4v) is 3.87. The zero-order chi connectivity index (χ0) is 14.7. The molecule has 0 aliphatic heterocycles. The lowest BCUT2D eigenvalue weighted by Crippen LogP contribution is -2.08. The summed E-state index contributed by atoms with van der Waals surface area (Å²) in [6.07, 6.45) is 6.57. The van der Waals surface area contributed by atoms with Crippen LogP contribution in [-0.4, -0.2) is 20.5 Å². The van der Waals surface area contributed by atoms with E-state index in [1.165, 1.54) is 38.2 Å². The molecule has 1 aromatic carbocycles. The number of thioether (sulfide) groups is 1. The fourth-order valence-electron chi connectivity index (χ4n) is 2.53. The van der Waals surface area contributed by atoms with Crippen molar-refractivity contribution in [3.05, 3.63) is 29.0 Å². The third kappa shape index (κ3) is 3.71. The summed E-state index contributed by atoms with van der Waals surface area (Å²) in [5, 5.41) is 15.1. The lowest BCUT2D eigenvalue weighted by atomic mass is 10.0. The first-order valence-corrected chi connectivity index (χ1v) is 8.58. The molecule has 0 bridgehead atoms. The van der Waals surface area contributed by atoms with Crippen molar-refractivity contribution in [2.24, 2.45) is 0 Å². The number of benzene rings is 1. The molecule has 1 N–H and O–H groups in total. The maximum absolute atomic E-state index is 9.84. The largest absolute Gasteiger partial charge is 0.507 e. The standard InChI is InChI=1S/C15H17ClN2O2S/c16-10-6-7-13(19)12(8-10)15-17-14(18-20-15)9-21-11-4-2-1-3-5-11/h6-8,11,19H,1-5,9H2. The molecule has 0 saturated heterocycles. The Labute approximate surface area is 132 Å². The van der Waals surface area contributed by atoms with Gasteiger partial charge in [-0.15, -0.1) is 0 Å². The SMILES string of the molecule is Oc1ccc(Cl)cc1-c1nc(CSC2CCCCC2)no1. The van der Waals surface area contributed by atoms with Crippen LogP contribution in [0.4, 0.5) is 0 Å². The molecule has 112 valence electrons. The van der Waals surface area contributed by atoms with Crippen LogP contribution in [0.15, 0.2) is 22.7 Å². The van der Waals surface area contributed by atoms with Crippen molar-refractivity contribution in [3.63, 3.8) is 0 Å². The van der Waals surface area contributed by atoms with Gasteiger partial charge < -0.3 is 9.63 Å².